The summed E-state index contributed by atoms with van der Waals surface area (Å²) in [5.41, 5.74) is 0. The highest BCUT2D eigenvalue weighted by Crippen LogP contribution is 2.30. The highest BCUT2D eigenvalue weighted by atomic mass is 32.2. The van der Waals surface area contributed by atoms with E-state index in [-0.39, 0.29) is 6.04 Å². The Bertz CT molecular complexity index is 261. The summed E-state index contributed by atoms with van der Waals surface area (Å²) in [6.45, 7) is 4.18. The van der Waals surface area contributed by atoms with Gasteiger partial charge in [0.15, 0.2) is 0 Å². The van der Waals surface area contributed by atoms with Crippen LogP contribution in [0.15, 0.2) is 0 Å². The summed E-state index contributed by atoms with van der Waals surface area (Å²) in [7, 11) is 2.13. The topological polar surface area (TPSA) is 43.8 Å². The second-order valence-electron chi connectivity index (χ2n) is 5.13. The maximum Gasteiger partial charge on any atom is 0.304 e. The normalized spacial score (nSPS) is 29.4. The molecule has 0 aromatic carbocycles. The van der Waals surface area contributed by atoms with E-state index in [1.54, 1.807) is 0 Å². The van der Waals surface area contributed by atoms with Gasteiger partial charge in [0.05, 0.1) is 6.42 Å². The molecule has 2 aliphatic heterocycles. The lowest BCUT2D eigenvalue weighted by Crippen LogP contribution is -2.52. The first-order valence-electron chi connectivity index (χ1n) is 6.39. The number of rotatable bonds is 4. The fourth-order valence-corrected chi connectivity index (χ4v) is 4.11. The number of carboxylic acids is 1. The van der Waals surface area contributed by atoms with E-state index in [0.717, 1.165) is 31.9 Å². The van der Waals surface area contributed by atoms with Crippen molar-refractivity contribution in [1.29, 1.82) is 0 Å². The number of nitrogens with zero attached hydrogens (tertiary/aromatic N) is 2. The van der Waals surface area contributed by atoms with Crippen LogP contribution in [0.25, 0.3) is 0 Å². The average Bonchev–Trinajstić information content (AvgIpc) is 2.80. The first kappa shape index (κ1) is 13.2. The fourth-order valence-electron chi connectivity index (χ4n) is 2.78. The molecule has 2 heterocycles. The van der Waals surface area contributed by atoms with E-state index in [2.05, 4.69) is 16.8 Å². The number of thioether (sulfide) groups is 1. The summed E-state index contributed by atoms with van der Waals surface area (Å²) in [6, 6.07) is 0.260. The van der Waals surface area contributed by atoms with Crippen LogP contribution >= 0.6 is 11.8 Å². The number of hydrogen-bond acceptors (Lipinski definition) is 4. The first-order chi connectivity index (χ1) is 8.16. The van der Waals surface area contributed by atoms with Crippen molar-refractivity contribution >= 4 is 17.7 Å². The smallest absolute Gasteiger partial charge is 0.304 e. The summed E-state index contributed by atoms with van der Waals surface area (Å²) in [4.78, 5) is 15.8. The molecule has 2 atom stereocenters. The Labute approximate surface area is 107 Å². The van der Waals surface area contributed by atoms with Crippen LogP contribution in [-0.2, 0) is 4.79 Å². The van der Waals surface area contributed by atoms with Crippen molar-refractivity contribution in [1.82, 2.24) is 9.80 Å². The van der Waals surface area contributed by atoms with Gasteiger partial charge in [-0.1, -0.05) is 0 Å². The Morgan fingerprint density at radius 1 is 1.41 bits per heavy atom. The van der Waals surface area contributed by atoms with E-state index < -0.39 is 5.97 Å². The molecule has 1 N–H and O–H groups in total. The largest absolute Gasteiger partial charge is 0.481 e. The summed E-state index contributed by atoms with van der Waals surface area (Å²) in [5, 5.41) is 9.08. The van der Waals surface area contributed by atoms with Gasteiger partial charge in [0.1, 0.15) is 0 Å². The van der Waals surface area contributed by atoms with E-state index in [1.165, 1.54) is 12.2 Å². The number of piperazine rings is 1. The molecule has 0 bridgehead atoms. The van der Waals surface area contributed by atoms with Crippen molar-refractivity contribution in [2.75, 3.05) is 44.7 Å². The van der Waals surface area contributed by atoms with E-state index in [4.69, 9.17) is 5.11 Å². The molecule has 2 unspecified atom stereocenters. The minimum Gasteiger partial charge on any atom is -0.481 e. The Kier molecular flexibility index (Phi) is 4.70. The molecular formula is C12H22N2O2S. The Morgan fingerprint density at radius 3 is 2.65 bits per heavy atom. The van der Waals surface area contributed by atoms with Crippen LogP contribution < -0.4 is 0 Å². The number of likely N-dealkylation sites (N-methyl/N-ethyl adjacent to an activating group) is 1. The third-order valence-corrected chi connectivity index (χ3v) is 5.09. The van der Waals surface area contributed by atoms with Gasteiger partial charge >= 0.3 is 5.97 Å². The molecule has 0 radical (unpaired) electrons. The van der Waals surface area contributed by atoms with Crippen LogP contribution in [-0.4, -0.2) is 71.6 Å². The van der Waals surface area contributed by atoms with Gasteiger partial charge in [-0.15, -0.1) is 0 Å². The molecule has 2 saturated heterocycles. The SMILES string of the molecule is CN1CCN(C(CC(=O)O)C2CCSC2)CC1. The van der Waals surface area contributed by atoms with Gasteiger partial charge in [-0.25, -0.2) is 0 Å². The molecule has 2 rings (SSSR count). The maximum absolute atomic E-state index is 11.0. The van der Waals surface area contributed by atoms with Crippen LogP contribution in [0.1, 0.15) is 12.8 Å². The van der Waals surface area contributed by atoms with E-state index in [9.17, 15) is 4.79 Å². The van der Waals surface area contributed by atoms with Crippen LogP contribution in [0.2, 0.25) is 0 Å². The highest BCUT2D eigenvalue weighted by molar-refractivity contribution is 7.99. The van der Waals surface area contributed by atoms with Crippen molar-refractivity contribution in [3.8, 4) is 0 Å². The molecule has 2 aliphatic rings. The lowest BCUT2D eigenvalue weighted by atomic mass is 9.94. The molecule has 0 aromatic heterocycles. The number of carbonyl (C=O) groups is 1. The quantitative estimate of drug-likeness (QED) is 0.809. The second-order valence-corrected chi connectivity index (χ2v) is 6.28. The minimum atomic E-state index is -0.647. The highest BCUT2D eigenvalue weighted by Gasteiger charge is 2.33. The lowest BCUT2D eigenvalue weighted by molar-refractivity contribution is -0.139. The third kappa shape index (κ3) is 3.60. The van der Waals surface area contributed by atoms with Gasteiger partial charge in [0, 0.05) is 32.2 Å². The second kappa shape index (κ2) is 6.07. The Morgan fingerprint density at radius 2 is 2.12 bits per heavy atom. The molecule has 0 aromatic rings. The van der Waals surface area contributed by atoms with Crippen LogP contribution in [0.3, 0.4) is 0 Å². The summed E-state index contributed by atoms with van der Waals surface area (Å²) < 4.78 is 0. The molecule has 0 spiro atoms. The molecule has 0 saturated carbocycles. The Hall–Kier alpha value is -0.260. The van der Waals surface area contributed by atoms with Crippen molar-refractivity contribution in [2.24, 2.45) is 5.92 Å². The summed E-state index contributed by atoms with van der Waals surface area (Å²) in [5.74, 6) is 2.28. The van der Waals surface area contributed by atoms with Gasteiger partial charge < -0.3 is 10.0 Å². The van der Waals surface area contributed by atoms with Gasteiger partial charge in [-0.3, -0.25) is 9.69 Å². The zero-order valence-electron chi connectivity index (χ0n) is 10.5. The summed E-state index contributed by atoms with van der Waals surface area (Å²) >= 11 is 1.97. The maximum atomic E-state index is 11.0. The van der Waals surface area contributed by atoms with Crippen molar-refractivity contribution < 1.29 is 9.90 Å². The molecule has 5 heteroatoms. The van der Waals surface area contributed by atoms with Crippen LogP contribution in [0, 0.1) is 5.92 Å². The fraction of sp³-hybridized carbons (Fsp3) is 0.917. The lowest BCUT2D eigenvalue weighted by Gasteiger charge is -2.39. The van der Waals surface area contributed by atoms with Crippen LogP contribution in [0.5, 0.6) is 0 Å². The molecule has 0 aliphatic carbocycles. The summed E-state index contributed by atoms with van der Waals surface area (Å²) in [6.07, 6.45) is 1.50. The van der Waals surface area contributed by atoms with Crippen molar-refractivity contribution in [2.45, 2.75) is 18.9 Å². The predicted octanol–water partition coefficient (Wildman–Crippen LogP) is 0.830. The van der Waals surface area contributed by atoms with Gasteiger partial charge in [-0.2, -0.15) is 11.8 Å². The van der Waals surface area contributed by atoms with E-state index >= 15 is 0 Å². The van der Waals surface area contributed by atoms with Gasteiger partial charge in [0.2, 0.25) is 0 Å². The number of hydrogen-bond donors (Lipinski definition) is 1. The average molecular weight is 258 g/mol. The molecule has 98 valence electrons. The minimum absolute atomic E-state index is 0.260. The zero-order valence-corrected chi connectivity index (χ0v) is 11.3. The van der Waals surface area contributed by atoms with Gasteiger partial charge in [-0.05, 0) is 30.9 Å². The van der Waals surface area contributed by atoms with Crippen LogP contribution in [0.4, 0.5) is 0 Å². The monoisotopic (exact) mass is 258 g/mol. The molecule has 0 amide bonds. The van der Waals surface area contributed by atoms with Crippen molar-refractivity contribution in [3.05, 3.63) is 0 Å². The first-order valence-corrected chi connectivity index (χ1v) is 7.54. The predicted molar refractivity (Wildman–Crippen MR) is 70.5 cm³/mol. The molecule has 4 nitrogen and oxygen atoms in total. The molecule has 17 heavy (non-hydrogen) atoms. The van der Waals surface area contributed by atoms with E-state index in [0.29, 0.717) is 12.3 Å². The Balaban J connectivity index is 1.96. The molecular weight excluding hydrogens is 236 g/mol. The van der Waals surface area contributed by atoms with Gasteiger partial charge in [0.25, 0.3) is 0 Å². The standard InChI is InChI=1S/C12H22N2O2S/c1-13-3-5-14(6-4-13)11(8-12(15)16)10-2-7-17-9-10/h10-11H,2-9H2,1H3,(H,15,16). The third-order valence-electron chi connectivity index (χ3n) is 3.90. The number of aliphatic carboxylic acids is 1. The number of carboxylic acid groups (broad SMARTS) is 1. The van der Waals surface area contributed by atoms with E-state index in [1.807, 2.05) is 11.8 Å². The zero-order chi connectivity index (χ0) is 12.3. The van der Waals surface area contributed by atoms with Crippen molar-refractivity contribution in [3.63, 3.8) is 0 Å². The molecule has 2 fully saturated rings.